The maximum Gasteiger partial charge on any atom is 0.136 e. The van der Waals surface area contributed by atoms with Crippen LogP contribution in [0.5, 0.6) is 0 Å². The Morgan fingerprint density at radius 1 is 1.39 bits per heavy atom. The maximum absolute atomic E-state index is 11.6. The first kappa shape index (κ1) is 13.3. The topological polar surface area (TPSA) is 20.3 Å². The predicted octanol–water partition coefficient (Wildman–Crippen LogP) is 3.19. The second-order valence-electron chi connectivity index (χ2n) is 5.57. The van der Waals surface area contributed by atoms with Crippen molar-refractivity contribution in [1.29, 1.82) is 0 Å². The van der Waals surface area contributed by atoms with E-state index in [9.17, 15) is 4.79 Å². The summed E-state index contributed by atoms with van der Waals surface area (Å²) in [4.78, 5) is 13.9. The lowest BCUT2D eigenvalue weighted by Gasteiger charge is -2.18. The quantitative estimate of drug-likeness (QED) is 0.794. The highest BCUT2D eigenvalue weighted by atomic mass is 16.1. The molecule has 2 rings (SSSR count). The molecule has 1 aliphatic carbocycles. The first-order valence-electron chi connectivity index (χ1n) is 6.92. The Labute approximate surface area is 110 Å². The zero-order valence-electron chi connectivity index (χ0n) is 11.5. The average molecular weight is 245 g/mol. The van der Waals surface area contributed by atoms with E-state index in [4.69, 9.17) is 0 Å². The van der Waals surface area contributed by atoms with Gasteiger partial charge in [0, 0.05) is 18.9 Å². The van der Waals surface area contributed by atoms with Crippen molar-refractivity contribution in [3.8, 4) is 0 Å². The third-order valence-electron chi connectivity index (χ3n) is 3.83. The van der Waals surface area contributed by atoms with E-state index in [-0.39, 0.29) is 0 Å². The fourth-order valence-corrected chi connectivity index (χ4v) is 2.77. The van der Waals surface area contributed by atoms with Crippen LogP contribution in [0.15, 0.2) is 24.3 Å². The minimum absolute atomic E-state index is 0.338. The van der Waals surface area contributed by atoms with Gasteiger partial charge in [0.1, 0.15) is 5.78 Å². The number of hydrogen-bond acceptors (Lipinski definition) is 2. The van der Waals surface area contributed by atoms with Crippen LogP contribution in [0, 0.1) is 12.8 Å². The minimum Gasteiger partial charge on any atom is -0.302 e. The molecule has 18 heavy (non-hydrogen) atoms. The summed E-state index contributed by atoms with van der Waals surface area (Å²) in [6.07, 6.45) is 4.05. The molecule has 2 nitrogen and oxygen atoms in total. The van der Waals surface area contributed by atoms with Crippen molar-refractivity contribution in [3.63, 3.8) is 0 Å². The third kappa shape index (κ3) is 3.67. The Kier molecular flexibility index (Phi) is 4.54. The standard InChI is InChI=1S/C16H23NO/c1-13-5-3-6-14(11-13)12-17(2)10-9-15-7-4-8-16(15)18/h3,5-6,11,15H,4,7-10,12H2,1-2H3. The maximum atomic E-state index is 11.6. The summed E-state index contributed by atoms with van der Waals surface area (Å²) in [5, 5.41) is 0. The normalized spacial score (nSPS) is 19.7. The molecule has 0 bridgehead atoms. The molecule has 0 aromatic heterocycles. The van der Waals surface area contributed by atoms with Gasteiger partial charge in [0.25, 0.3) is 0 Å². The molecule has 0 saturated heterocycles. The second kappa shape index (κ2) is 6.14. The van der Waals surface area contributed by atoms with E-state index in [0.29, 0.717) is 11.7 Å². The van der Waals surface area contributed by atoms with Gasteiger partial charge < -0.3 is 4.90 Å². The van der Waals surface area contributed by atoms with E-state index < -0.39 is 0 Å². The van der Waals surface area contributed by atoms with Gasteiger partial charge in [-0.25, -0.2) is 0 Å². The van der Waals surface area contributed by atoms with Crippen molar-refractivity contribution >= 4 is 5.78 Å². The fraction of sp³-hybridized carbons (Fsp3) is 0.562. The van der Waals surface area contributed by atoms with Gasteiger partial charge in [-0.3, -0.25) is 4.79 Å². The molecule has 0 amide bonds. The lowest BCUT2D eigenvalue weighted by atomic mass is 10.0. The minimum atomic E-state index is 0.338. The molecule has 0 heterocycles. The lowest BCUT2D eigenvalue weighted by molar-refractivity contribution is -0.120. The summed E-state index contributed by atoms with van der Waals surface area (Å²) < 4.78 is 0. The Morgan fingerprint density at radius 2 is 2.22 bits per heavy atom. The molecule has 1 atom stereocenters. The Bertz CT molecular complexity index is 413. The number of benzene rings is 1. The van der Waals surface area contributed by atoms with Crippen LogP contribution in [0.3, 0.4) is 0 Å². The highest BCUT2D eigenvalue weighted by Gasteiger charge is 2.23. The highest BCUT2D eigenvalue weighted by Crippen LogP contribution is 2.24. The fourth-order valence-electron chi connectivity index (χ4n) is 2.77. The van der Waals surface area contributed by atoms with Gasteiger partial charge in [-0.1, -0.05) is 29.8 Å². The van der Waals surface area contributed by atoms with Crippen LogP contribution >= 0.6 is 0 Å². The molecule has 1 unspecified atom stereocenters. The summed E-state index contributed by atoms with van der Waals surface area (Å²) in [6.45, 7) is 4.12. The first-order chi connectivity index (χ1) is 8.65. The Balaban J connectivity index is 1.78. The first-order valence-corrected chi connectivity index (χ1v) is 6.92. The van der Waals surface area contributed by atoms with E-state index in [0.717, 1.165) is 38.8 Å². The van der Waals surface area contributed by atoms with Gasteiger partial charge in [0.15, 0.2) is 0 Å². The van der Waals surface area contributed by atoms with Crippen molar-refractivity contribution in [2.45, 2.75) is 39.2 Å². The van der Waals surface area contributed by atoms with E-state index in [2.05, 4.69) is 43.1 Å². The molecule has 1 aromatic rings. The van der Waals surface area contributed by atoms with Crippen LogP contribution in [0.2, 0.25) is 0 Å². The third-order valence-corrected chi connectivity index (χ3v) is 3.83. The lowest BCUT2D eigenvalue weighted by Crippen LogP contribution is -2.22. The zero-order chi connectivity index (χ0) is 13.0. The molecule has 1 aliphatic rings. The largest absolute Gasteiger partial charge is 0.302 e. The molecule has 2 heteroatoms. The second-order valence-corrected chi connectivity index (χ2v) is 5.57. The van der Waals surface area contributed by atoms with Gasteiger partial charge in [0.05, 0.1) is 0 Å². The molecule has 0 spiro atoms. The SMILES string of the molecule is Cc1cccc(CN(C)CCC2CCCC2=O)c1. The zero-order valence-corrected chi connectivity index (χ0v) is 11.5. The van der Waals surface area contributed by atoms with Crippen LogP contribution in [0.25, 0.3) is 0 Å². The molecule has 98 valence electrons. The summed E-state index contributed by atoms with van der Waals surface area (Å²) in [6, 6.07) is 8.64. The molecular weight excluding hydrogens is 222 g/mol. The van der Waals surface area contributed by atoms with Crippen LogP contribution in [-0.4, -0.2) is 24.3 Å². The van der Waals surface area contributed by atoms with Crippen molar-refractivity contribution in [3.05, 3.63) is 35.4 Å². The monoisotopic (exact) mass is 245 g/mol. The number of carbonyl (C=O) groups excluding carboxylic acids is 1. The Hall–Kier alpha value is -1.15. The van der Waals surface area contributed by atoms with Crippen LogP contribution in [0.4, 0.5) is 0 Å². The molecular formula is C16H23NO. The van der Waals surface area contributed by atoms with Crippen LogP contribution in [0.1, 0.15) is 36.8 Å². The van der Waals surface area contributed by atoms with Crippen LogP contribution < -0.4 is 0 Å². The highest BCUT2D eigenvalue weighted by molar-refractivity contribution is 5.82. The number of hydrogen-bond donors (Lipinski definition) is 0. The molecule has 1 fully saturated rings. The molecule has 1 saturated carbocycles. The average Bonchev–Trinajstić information content (AvgIpc) is 2.72. The number of ketones is 1. The Morgan fingerprint density at radius 3 is 2.89 bits per heavy atom. The smallest absolute Gasteiger partial charge is 0.136 e. The van der Waals surface area contributed by atoms with Crippen molar-refractivity contribution in [1.82, 2.24) is 4.90 Å². The van der Waals surface area contributed by atoms with Gasteiger partial charge in [-0.05, 0) is 45.3 Å². The molecule has 1 aromatic carbocycles. The number of carbonyl (C=O) groups is 1. The summed E-state index contributed by atoms with van der Waals surface area (Å²) in [7, 11) is 2.14. The molecule has 0 radical (unpaired) electrons. The van der Waals surface area contributed by atoms with Crippen molar-refractivity contribution in [2.75, 3.05) is 13.6 Å². The van der Waals surface area contributed by atoms with Crippen molar-refractivity contribution in [2.24, 2.45) is 5.92 Å². The number of Topliss-reactive ketones (excluding diaryl/α,β-unsaturated/α-hetero) is 1. The number of aryl methyl sites for hydroxylation is 1. The van der Waals surface area contributed by atoms with Crippen molar-refractivity contribution < 1.29 is 4.79 Å². The van der Waals surface area contributed by atoms with Gasteiger partial charge in [-0.15, -0.1) is 0 Å². The summed E-state index contributed by atoms with van der Waals surface area (Å²) in [5.41, 5.74) is 2.67. The van der Waals surface area contributed by atoms with E-state index in [1.54, 1.807) is 0 Å². The molecule has 0 N–H and O–H groups in total. The summed E-state index contributed by atoms with van der Waals surface area (Å²) >= 11 is 0. The van der Waals surface area contributed by atoms with E-state index in [1.807, 2.05) is 0 Å². The van der Waals surface area contributed by atoms with Gasteiger partial charge in [0.2, 0.25) is 0 Å². The van der Waals surface area contributed by atoms with Gasteiger partial charge in [-0.2, -0.15) is 0 Å². The predicted molar refractivity (Wildman–Crippen MR) is 74.5 cm³/mol. The molecule has 0 aliphatic heterocycles. The summed E-state index contributed by atoms with van der Waals surface area (Å²) in [5.74, 6) is 0.823. The van der Waals surface area contributed by atoms with Crippen LogP contribution in [-0.2, 0) is 11.3 Å². The van der Waals surface area contributed by atoms with E-state index in [1.165, 1.54) is 11.1 Å². The van der Waals surface area contributed by atoms with E-state index >= 15 is 0 Å². The number of rotatable bonds is 5. The number of nitrogens with zero attached hydrogens (tertiary/aromatic N) is 1. The van der Waals surface area contributed by atoms with Gasteiger partial charge >= 0.3 is 0 Å².